The number of pyridine rings is 1. The molecule has 4 nitrogen and oxygen atoms in total. The van der Waals surface area contributed by atoms with Gasteiger partial charge in [-0.15, -0.1) is 0 Å². The molecule has 0 aliphatic rings. The molecule has 1 atom stereocenters. The van der Waals surface area contributed by atoms with Crippen molar-refractivity contribution in [2.24, 2.45) is 0 Å². The third-order valence-corrected chi connectivity index (χ3v) is 3.37. The molecule has 0 radical (unpaired) electrons. The summed E-state index contributed by atoms with van der Waals surface area (Å²) in [5.41, 5.74) is 1.03. The summed E-state index contributed by atoms with van der Waals surface area (Å²) in [4.78, 5) is 18.1. The average molecular weight is 277 g/mol. The Morgan fingerprint density at radius 1 is 1.40 bits per heavy atom. The molecular weight excluding hydrogens is 250 g/mol. The van der Waals surface area contributed by atoms with E-state index in [0.717, 1.165) is 18.5 Å². The Morgan fingerprint density at radius 3 is 2.85 bits per heavy atom. The molecule has 1 N–H and O–H groups in total. The summed E-state index contributed by atoms with van der Waals surface area (Å²) in [6.07, 6.45) is 8.46. The van der Waals surface area contributed by atoms with Gasteiger partial charge in [0.05, 0.1) is 12.6 Å². The van der Waals surface area contributed by atoms with E-state index in [1.54, 1.807) is 12.4 Å². The summed E-state index contributed by atoms with van der Waals surface area (Å²) < 4.78 is 0. The third kappa shape index (κ3) is 6.66. The molecule has 0 unspecified atom stereocenters. The lowest BCUT2D eigenvalue weighted by molar-refractivity contribution is -0.122. The summed E-state index contributed by atoms with van der Waals surface area (Å²) in [5, 5.41) is 3.01. The van der Waals surface area contributed by atoms with Crippen molar-refractivity contribution in [3.8, 4) is 0 Å². The Hall–Kier alpha value is -1.42. The number of rotatable bonds is 9. The van der Waals surface area contributed by atoms with Crippen LogP contribution in [0, 0.1) is 0 Å². The van der Waals surface area contributed by atoms with Crippen LogP contribution in [0.3, 0.4) is 0 Å². The van der Waals surface area contributed by atoms with E-state index in [-0.39, 0.29) is 11.9 Å². The number of nitrogens with zero attached hydrogens (tertiary/aromatic N) is 2. The number of hydrogen-bond donors (Lipinski definition) is 1. The Bertz CT molecular complexity index is 381. The summed E-state index contributed by atoms with van der Waals surface area (Å²) >= 11 is 0. The first-order valence-electron chi connectivity index (χ1n) is 7.51. The lowest BCUT2D eigenvalue weighted by Gasteiger charge is -2.19. The average Bonchev–Trinajstić information content (AvgIpc) is 2.44. The van der Waals surface area contributed by atoms with Gasteiger partial charge in [0.1, 0.15) is 0 Å². The molecule has 0 aromatic carbocycles. The van der Waals surface area contributed by atoms with Gasteiger partial charge in [-0.05, 0) is 38.6 Å². The smallest absolute Gasteiger partial charge is 0.234 e. The molecule has 0 saturated carbocycles. The number of aromatic nitrogens is 1. The first-order valence-corrected chi connectivity index (χ1v) is 7.51. The van der Waals surface area contributed by atoms with E-state index >= 15 is 0 Å². The van der Waals surface area contributed by atoms with Crippen molar-refractivity contribution < 1.29 is 4.79 Å². The van der Waals surface area contributed by atoms with Crippen molar-refractivity contribution in [2.75, 3.05) is 20.1 Å². The Labute approximate surface area is 122 Å². The van der Waals surface area contributed by atoms with E-state index < -0.39 is 0 Å². The second kappa shape index (κ2) is 9.48. The lowest BCUT2D eigenvalue weighted by atomic mass is 10.1. The predicted molar refractivity (Wildman–Crippen MR) is 82.4 cm³/mol. The van der Waals surface area contributed by atoms with Gasteiger partial charge in [0.15, 0.2) is 0 Å². The Kier molecular flexibility index (Phi) is 7.88. The van der Waals surface area contributed by atoms with E-state index in [0.29, 0.717) is 6.54 Å². The van der Waals surface area contributed by atoms with Crippen molar-refractivity contribution in [1.82, 2.24) is 15.2 Å². The third-order valence-electron chi connectivity index (χ3n) is 3.37. The van der Waals surface area contributed by atoms with Crippen molar-refractivity contribution in [3.63, 3.8) is 0 Å². The van der Waals surface area contributed by atoms with Gasteiger partial charge >= 0.3 is 0 Å². The second-order valence-corrected chi connectivity index (χ2v) is 5.37. The lowest BCUT2D eigenvalue weighted by Crippen LogP contribution is -2.36. The highest BCUT2D eigenvalue weighted by Gasteiger charge is 2.11. The second-order valence-electron chi connectivity index (χ2n) is 5.37. The molecule has 1 aromatic rings. The van der Waals surface area contributed by atoms with Crippen LogP contribution in [-0.2, 0) is 4.79 Å². The van der Waals surface area contributed by atoms with Crippen LogP contribution < -0.4 is 5.32 Å². The van der Waals surface area contributed by atoms with Crippen LogP contribution in [0.4, 0.5) is 0 Å². The molecular formula is C16H27N3O. The van der Waals surface area contributed by atoms with E-state index in [1.165, 1.54) is 19.3 Å². The van der Waals surface area contributed by atoms with Crippen LogP contribution in [0.15, 0.2) is 24.5 Å². The molecule has 20 heavy (non-hydrogen) atoms. The SMILES string of the molecule is CCCCCCN(C)CC(=O)N[C@@H](C)c1cccnc1. The molecule has 1 aromatic heterocycles. The van der Waals surface area contributed by atoms with Crippen LogP contribution in [0.25, 0.3) is 0 Å². The molecule has 1 amide bonds. The minimum Gasteiger partial charge on any atom is -0.348 e. The van der Waals surface area contributed by atoms with Gasteiger partial charge in [0, 0.05) is 12.4 Å². The highest BCUT2D eigenvalue weighted by molar-refractivity contribution is 5.78. The van der Waals surface area contributed by atoms with Crippen LogP contribution in [0.2, 0.25) is 0 Å². The quantitative estimate of drug-likeness (QED) is 0.706. The van der Waals surface area contributed by atoms with E-state index in [2.05, 4.69) is 22.1 Å². The highest BCUT2D eigenvalue weighted by Crippen LogP contribution is 2.09. The minimum absolute atomic E-state index is 0.00434. The number of carbonyl (C=O) groups excluding carboxylic acids is 1. The number of carbonyl (C=O) groups is 1. The fourth-order valence-corrected chi connectivity index (χ4v) is 2.14. The predicted octanol–water partition coefficient (Wildman–Crippen LogP) is 2.77. The topological polar surface area (TPSA) is 45.2 Å². The van der Waals surface area contributed by atoms with E-state index in [4.69, 9.17) is 0 Å². The molecule has 0 aliphatic heterocycles. The monoisotopic (exact) mass is 277 g/mol. The zero-order chi connectivity index (χ0) is 14.8. The molecule has 112 valence electrons. The van der Waals surface area contributed by atoms with E-state index in [9.17, 15) is 4.79 Å². The standard InChI is InChI=1S/C16H27N3O/c1-4-5-6-7-11-19(3)13-16(20)18-14(2)15-9-8-10-17-12-15/h8-10,12,14H,4-7,11,13H2,1-3H3,(H,18,20)/t14-/m0/s1. The number of unbranched alkanes of at least 4 members (excludes halogenated alkanes) is 3. The van der Waals surface area contributed by atoms with Gasteiger partial charge < -0.3 is 5.32 Å². The molecule has 1 heterocycles. The molecule has 0 aliphatic carbocycles. The molecule has 1 rings (SSSR count). The van der Waals surface area contributed by atoms with Gasteiger partial charge in [-0.3, -0.25) is 14.7 Å². The first-order chi connectivity index (χ1) is 9.63. The normalized spacial score (nSPS) is 12.4. The molecule has 0 saturated heterocycles. The van der Waals surface area contributed by atoms with Crippen molar-refractivity contribution in [1.29, 1.82) is 0 Å². The van der Waals surface area contributed by atoms with E-state index in [1.807, 2.05) is 26.1 Å². The van der Waals surface area contributed by atoms with Crippen molar-refractivity contribution in [2.45, 2.75) is 45.6 Å². The minimum atomic E-state index is 0.00434. The highest BCUT2D eigenvalue weighted by atomic mass is 16.2. The maximum absolute atomic E-state index is 12.0. The fourth-order valence-electron chi connectivity index (χ4n) is 2.14. The summed E-state index contributed by atoms with van der Waals surface area (Å²) in [5.74, 6) is 0.0688. The van der Waals surface area contributed by atoms with Gasteiger partial charge in [-0.25, -0.2) is 0 Å². The zero-order valence-electron chi connectivity index (χ0n) is 12.9. The molecule has 0 fully saturated rings. The van der Waals surface area contributed by atoms with Crippen molar-refractivity contribution in [3.05, 3.63) is 30.1 Å². The van der Waals surface area contributed by atoms with Crippen LogP contribution in [0.5, 0.6) is 0 Å². The Balaban J connectivity index is 2.25. The van der Waals surface area contributed by atoms with Crippen LogP contribution >= 0.6 is 0 Å². The van der Waals surface area contributed by atoms with Crippen molar-refractivity contribution >= 4 is 5.91 Å². The van der Waals surface area contributed by atoms with Gasteiger partial charge in [0.25, 0.3) is 0 Å². The fraction of sp³-hybridized carbons (Fsp3) is 0.625. The van der Waals surface area contributed by atoms with Gasteiger partial charge in [-0.1, -0.05) is 32.3 Å². The maximum atomic E-state index is 12.0. The number of hydrogen-bond acceptors (Lipinski definition) is 3. The number of likely N-dealkylation sites (N-methyl/N-ethyl adjacent to an activating group) is 1. The van der Waals surface area contributed by atoms with Gasteiger partial charge in [0.2, 0.25) is 5.91 Å². The summed E-state index contributed by atoms with van der Waals surface area (Å²) in [7, 11) is 2.00. The molecule has 4 heteroatoms. The summed E-state index contributed by atoms with van der Waals surface area (Å²) in [6.45, 7) is 5.62. The zero-order valence-corrected chi connectivity index (χ0v) is 12.9. The summed E-state index contributed by atoms with van der Waals surface area (Å²) in [6, 6.07) is 3.87. The number of amides is 1. The number of nitrogens with one attached hydrogen (secondary N) is 1. The maximum Gasteiger partial charge on any atom is 0.234 e. The molecule has 0 bridgehead atoms. The van der Waals surface area contributed by atoms with Crippen LogP contribution in [0.1, 0.15) is 51.1 Å². The molecule has 0 spiro atoms. The van der Waals surface area contributed by atoms with Gasteiger partial charge in [-0.2, -0.15) is 0 Å². The largest absolute Gasteiger partial charge is 0.348 e. The Morgan fingerprint density at radius 2 is 2.20 bits per heavy atom. The van der Waals surface area contributed by atoms with Crippen LogP contribution in [-0.4, -0.2) is 35.9 Å². The first kappa shape index (κ1) is 16.6.